The van der Waals surface area contributed by atoms with Gasteiger partial charge in [-0.25, -0.2) is 0 Å². The number of nitrogens with zero attached hydrogens (tertiary/aromatic N) is 3. The van der Waals surface area contributed by atoms with Gasteiger partial charge < -0.3 is 14.7 Å². The van der Waals surface area contributed by atoms with Gasteiger partial charge in [-0.05, 0) is 49.2 Å². The van der Waals surface area contributed by atoms with Crippen LogP contribution in [0.4, 0.5) is 0 Å². The number of aliphatic hydroxyl groups excluding tert-OH is 1. The number of carbonyl (C=O) groups is 1. The number of hydrogen-bond acceptors (Lipinski definition) is 5. The number of ether oxygens (including phenoxy) is 1. The van der Waals surface area contributed by atoms with Crippen molar-refractivity contribution in [3.05, 3.63) is 65.5 Å². The van der Waals surface area contributed by atoms with Gasteiger partial charge >= 0.3 is 0 Å². The molecule has 0 radical (unpaired) electrons. The third kappa shape index (κ3) is 5.02. The minimum atomic E-state index is 0.0938. The number of aliphatic hydroxyl groups is 1. The van der Waals surface area contributed by atoms with Crippen molar-refractivity contribution in [1.29, 1.82) is 0 Å². The minimum absolute atomic E-state index is 0.0938. The van der Waals surface area contributed by atoms with E-state index in [4.69, 9.17) is 4.74 Å². The van der Waals surface area contributed by atoms with Gasteiger partial charge in [0.2, 0.25) is 5.91 Å². The van der Waals surface area contributed by atoms with Crippen LogP contribution in [0.25, 0.3) is 0 Å². The van der Waals surface area contributed by atoms with E-state index in [1.165, 1.54) is 5.56 Å². The van der Waals surface area contributed by atoms with E-state index in [9.17, 15) is 9.90 Å². The zero-order chi connectivity index (χ0) is 22.3. The van der Waals surface area contributed by atoms with Crippen LogP contribution >= 0.6 is 0 Å². The fraction of sp³-hybridized carbons (Fsp3) is 0.462. The number of fused-ring (bicyclic) bond motifs is 1. The Morgan fingerprint density at radius 3 is 2.72 bits per heavy atom. The molecule has 0 unspecified atom stereocenters. The summed E-state index contributed by atoms with van der Waals surface area (Å²) in [4.78, 5) is 21.8. The normalized spacial score (nSPS) is 23.2. The Bertz CT molecular complexity index is 952. The number of aromatic nitrogens is 1. The van der Waals surface area contributed by atoms with Gasteiger partial charge in [0, 0.05) is 55.7 Å². The molecule has 2 aliphatic rings. The van der Waals surface area contributed by atoms with Gasteiger partial charge in [-0.3, -0.25) is 14.7 Å². The fourth-order valence-corrected chi connectivity index (χ4v) is 4.94. The van der Waals surface area contributed by atoms with Crippen LogP contribution in [-0.2, 0) is 16.0 Å². The first-order chi connectivity index (χ1) is 15.7. The van der Waals surface area contributed by atoms with Crippen molar-refractivity contribution in [2.24, 2.45) is 0 Å². The molecule has 6 nitrogen and oxygen atoms in total. The molecule has 6 heteroatoms. The van der Waals surface area contributed by atoms with Crippen LogP contribution in [0.3, 0.4) is 0 Å². The maximum absolute atomic E-state index is 13.1. The molecule has 0 aliphatic carbocycles. The van der Waals surface area contributed by atoms with Crippen molar-refractivity contribution in [3.8, 4) is 11.8 Å². The molecule has 3 atom stereocenters. The molecule has 2 saturated heterocycles. The molecule has 2 aliphatic heterocycles. The Morgan fingerprint density at radius 1 is 1.19 bits per heavy atom. The first-order valence-corrected chi connectivity index (χ1v) is 11.3. The lowest BCUT2D eigenvalue weighted by Crippen LogP contribution is -2.68. The van der Waals surface area contributed by atoms with E-state index < -0.39 is 0 Å². The number of pyridine rings is 1. The van der Waals surface area contributed by atoms with Gasteiger partial charge in [-0.2, -0.15) is 0 Å². The summed E-state index contributed by atoms with van der Waals surface area (Å²) in [5.74, 6) is 6.40. The Kier molecular flexibility index (Phi) is 7.54. The van der Waals surface area contributed by atoms with E-state index in [0.29, 0.717) is 19.6 Å². The highest BCUT2D eigenvalue weighted by Crippen LogP contribution is 2.42. The minimum Gasteiger partial charge on any atom is -0.395 e. The van der Waals surface area contributed by atoms with Crippen molar-refractivity contribution < 1.29 is 14.6 Å². The SMILES string of the molecule is COCC#Cc1ccc([C@@H]2[C@@H](CO)N3CCCCN(C(=O)Cc4ccccn4)C[C@@H]23)cc1. The second kappa shape index (κ2) is 10.7. The standard InChI is InChI=1S/C26H31N3O3/c1-32-16-6-7-20-9-11-21(12-10-20)26-23-18-28(14-4-5-15-29(23)24(26)19-30)25(31)17-22-8-2-3-13-27-22/h2-3,8-13,23-24,26,30H,4-5,14-19H2,1H3/t23-,24+,26-/m0/s1. The molecule has 1 aromatic heterocycles. The molecule has 2 aromatic rings. The molecule has 0 spiro atoms. The molecule has 168 valence electrons. The maximum atomic E-state index is 13.1. The van der Waals surface area contributed by atoms with Crippen LogP contribution in [0.15, 0.2) is 48.7 Å². The van der Waals surface area contributed by atoms with E-state index >= 15 is 0 Å². The number of rotatable bonds is 5. The number of methoxy groups -OCH3 is 1. The van der Waals surface area contributed by atoms with Crippen LogP contribution in [0.5, 0.6) is 0 Å². The lowest BCUT2D eigenvalue weighted by atomic mass is 9.74. The molecule has 1 aromatic carbocycles. The summed E-state index contributed by atoms with van der Waals surface area (Å²) in [5, 5.41) is 10.1. The van der Waals surface area contributed by atoms with E-state index in [1.54, 1.807) is 13.3 Å². The Labute approximate surface area is 190 Å². The van der Waals surface area contributed by atoms with Crippen LogP contribution in [0.2, 0.25) is 0 Å². The lowest BCUT2D eigenvalue weighted by Gasteiger charge is -2.57. The smallest absolute Gasteiger partial charge is 0.228 e. The molecular formula is C26H31N3O3. The lowest BCUT2D eigenvalue weighted by molar-refractivity contribution is -0.135. The Balaban J connectivity index is 1.50. The highest BCUT2D eigenvalue weighted by molar-refractivity contribution is 5.78. The predicted octanol–water partition coefficient (Wildman–Crippen LogP) is 2.07. The Hall–Kier alpha value is -2.72. The third-order valence-corrected chi connectivity index (χ3v) is 6.53. The zero-order valence-electron chi connectivity index (χ0n) is 18.6. The van der Waals surface area contributed by atoms with Gasteiger partial charge in [0.1, 0.15) is 6.61 Å². The van der Waals surface area contributed by atoms with Crippen LogP contribution in [-0.4, -0.2) is 77.8 Å². The van der Waals surface area contributed by atoms with E-state index in [-0.39, 0.29) is 30.5 Å². The molecule has 3 heterocycles. The molecule has 2 fully saturated rings. The van der Waals surface area contributed by atoms with Gasteiger partial charge in [-0.15, -0.1) is 0 Å². The van der Waals surface area contributed by atoms with Crippen molar-refractivity contribution in [1.82, 2.24) is 14.8 Å². The summed E-state index contributed by atoms with van der Waals surface area (Å²) in [7, 11) is 1.63. The quantitative estimate of drug-likeness (QED) is 0.732. The molecule has 1 amide bonds. The third-order valence-electron chi connectivity index (χ3n) is 6.53. The van der Waals surface area contributed by atoms with Crippen LogP contribution in [0.1, 0.15) is 35.6 Å². The average molecular weight is 434 g/mol. The molecule has 32 heavy (non-hydrogen) atoms. The summed E-state index contributed by atoms with van der Waals surface area (Å²) < 4.78 is 4.99. The number of benzene rings is 1. The molecule has 4 rings (SSSR count). The molecule has 1 N–H and O–H groups in total. The van der Waals surface area contributed by atoms with Gasteiger partial charge in [-0.1, -0.05) is 30.0 Å². The van der Waals surface area contributed by atoms with Crippen molar-refractivity contribution in [3.63, 3.8) is 0 Å². The van der Waals surface area contributed by atoms with Gasteiger partial charge in [0.15, 0.2) is 0 Å². The summed E-state index contributed by atoms with van der Waals surface area (Å²) >= 11 is 0. The first kappa shape index (κ1) is 22.5. The largest absolute Gasteiger partial charge is 0.395 e. The van der Waals surface area contributed by atoms with Crippen LogP contribution in [0, 0.1) is 11.8 Å². The number of hydrogen-bond donors (Lipinski definition) is 1. The summed E-state index contributed by atoms with van der Waals surface area (Å²) in [6, 6.07) is 14.3. The second-order valence-corrected chi connectivity index (χ2v) is 8.48. The predicted molar refractivity (Wildman–Crippen MR) is 123 cm³/mol. The fourth-order valence-electron chi connectivity index (χ4n) is 4.94. The highest BCUT2D eigenvalue weighted by Gasteiger charge is 2.49. The van der Waals surface area contributed by atoms with Crippen LogP contribution < -0.4 is 0 Å². The maximum Gasteiger partial charge on any atom is 0.228 e. The summed E-state index contributed by atoms with van der Waals surface area (Å²) in [6.45, 7) is 2.97. The monoisotopic (exact) mass is 433 g/mol. The zero-order valence-corrected chi connectivity index (χ0v) is 18.6. The Morgan fingerprint density at radius 2 is 2.00 bits per heavy atom. The van der Waals surface area contributed by atoms with Crippen molar-refractivity contribution in [2.75, 3.05) is 40.0 Å². The second-order valence-electron chi connectivity index (χ2n) is 8.48. The molecule has 0 bridgehead atoms. The van der Waals surface area contributed by atoms with Gasteiger partial charge in [0.25, 0.3) is 0 Å². The highest BCUT2D eigenvalue weighted by atomic mass is 16.5. The summed E-state index contributed by atoms with van der Waals surface area (Å²) in [6.07, 6.45) is 4.07. The summed E-state index contributed by atoms with van der Waals surface area (Å²) in [5.41, 5.74) is 2.95. The molecular weight excluding hydrogens is 402 g/mol. The topological polar surface area (TPSA) is 65.9 Å². The average Bonchev–Trinajstić information content (AvgIpc) is 2.80. The van der Waals surface area contributed by atoms with Crippen molar-refractivity contribution >= 4 is 5.91 Å². The number of carbonyl (C=O) groups excluding carboxylic acids is 1. The van der Waals surface area contributed by atoms with E-state index in [1.807, 2.05) is 35.2 Å². The first-order valence-electron chi connectivity index (χ1n) is 11.3. The van der Waals surface area contributed by atoms with E-state index in [0.717, 1.165) is 37.2 Å². The number of amides is 1. The van der Waals surface area contributed by atoms with Gasteiger partial charge in [0.05, 0.1) is 13.0 Å². The molecule has 0 saturated carbocycles. The van der Waals surface area contributed by atoms with E-state index in [2.05, 4.69) is 33.9 Å². The van der Waals surface area contributed by atoms with Crippen molar-refractivity contribution in [2.45, 2.75) is 37.3 Å².